The van der Waals surface area contributed by atoms with Gasteiger partial charge >= 0.3 is 0 Å². The molecule has 0 fully saturated rings. The summed E-state index contributed by atoms with van der Waals surface area (Å²) >= 11 is 1.41. The van der Waals surface area contributed by atoms with E-state index in [9.17, 15) is 9.59 Å². The number of carbonyl (C=O) groups is 2. The number of imide groups is 1. The number of aryl methyl sites for hydroxylation is 1. The van der Waals surface area contributed by atoms with Gasteiger partial charge in [0.05, 0.1) is 25.5 Å². The van der Waals surface area contributed by atoms with Crippen molar-refractivity contribution in [2.45, 2.75) is 6.92 Å². The third kappa shape index (κ3) is 3.33. The van der Waals surface area contributed by atoms with Crippen molar-refractivity contribution in [3.8, 4) is 11.5 Å². The van der Waals surface area contributed by atoms with Gasteiger partial charge in [-0.1, -0.05) is 24.3 Å². The first-order valence-corrected chi connectivity index (χ1v) is 10.1. The van der Waals surface area contributed by atoms with Crippen LogP contribution in [-0.4, -0.2) is 26.0 Å². The number of hydrogen-bond donors (Lipinski definition) is 1. The molecule has 152 valence electrons. The minimum atomic E-state index is -0.446. The summed E-state index contributed by atoms with van der Waals surface area (Å²) in [6.07, 6.45) is 0. The van der Waals surface area contributed by atoms with Crippen LogP contribution in [0.5, 0.6) is 11.5 Å². The van der Waals surface area contributed by atoms with Crippen molar-refractivity contribution in [2.24, 2.45) is 0 Å². The minimum absolute atomic E-state index is 0.238. The zero-order valence-electron chi connectivity index (χ0n) is 16.8. The number of carbonyl (C=O) groups excluding carboxylic acids is 2. The van der Waals surface area contributed by atoms with Crippen molar-refractivity contribution in [2.75, 3.05) is 24.4 Å². The molecule has 0 radical (unpaired) electrons. The Morgan fingerprint density at radius 3 is 2.40 bits per heavy atom. The Labute approximate surface area is 178 Å². The van der Waals surface area contributed by atoms with Crippen molar-refractivity contribution >= 4 is 40.1 Å². The Morgan fingerprint density at radius 2 is 1.73 bits per heavy atom. The average molecular weight is 420 g/mol. The Bertz CT molecular complexity index is 1150. The van der Waals surface area contributed by atoms with Gasteiger partial charge in [-0.15, -0.1) is 11.3 Å². The average Bonchev–Trinajstić information content (AvgIpc) is 3.36. The molecule has 2 heterocycles. The first kappa shape index (κ1) is 19.7. The monoisotopic (exact) mass is 420 g/mol. The summed E-state index contributed by atoms with van der Waals surface area (Å²) in [7, 11) is 3.02. The SMILES string of the molecule is COc1ccc(OC)c(N2C(=O)C(Nc3ccccc3C)=C(c3cccs3)C2=O)c1. The molecule has 0 bridgehead atoms. The van der Waals surface area contributed by atoms with Crippen LogP contribution in [0.2, 0.25) is 0 Å². The zero-order valence-corrected chi connectivity index (χ0v) is 17.6. The van der Waals surface area contributed by atoms with Crippen LogP contribution in [0.15, 0.2) is 65.7 Å². The van der Waals surface area contributed by atoms with Crippen LogP contribution in [0.4, 0.5) is 11.4 Å². The molecule has 30 heavy (non-hydrogen) atoms. The van der Waals surface area contributed by atoms with Gasteiger partial charge in [0.1, 0.15) is 17.2 Å². The molecule has 0 aliphatic carbocycles. The van der Waals surface area contributed by atoms with Crippen LogP contribution in [0.1, 0.15) is 10.4 Å². The summed E-state index contributed by atoms with van der Waals surface area (Å²) in [5.41, 5.74) is 2.64. The molecule has 0 saturated heterocycles. The molecule has 1 aliphatic rings. The summed E-state index contributed by atoms with van der Waals surface area (Å²) in [6, 6.07) is 16.3. The molecule has 1 aliphatic heterocycles. The van der Waals surface area contributed by atoms with Crippen molar-refractivity contribution in [1.82, 2.24) is 0 Å². The molecule has 1 N–H and O–H groups in total. The number of nitrogens with one attached hydrogen (secondary N) is 1. The molecule has 0 atom stereocenters. The third-order valence-corrected chi connectivity index (χ3v) is 5.77. The topological polar surface area (TPSA) is 67.9 Å². The second-order valence-electron chi connectivity index (χ2n) is 6.65. The molecule has 2 aromatic carbocycles. The minimum Gasteiger partial charge on any atom is -0.497 e. The number of amides is 2. The van der Waals surface area contributed by atoms with Crippen molar-refractivity contribution in [3.63, 3.8) is 0 Å². The van der Waals surface area contributed by atoms with Crippen LogP contribution in [0.25, 0.3) is 5.57 Å². The first-order chi connectivity index (χ1) is 14.5. The van der Waals surface area contributed by atoms with E-state index < -0.39 is 11.8 Å². The predicted octanol–water partition coefficient (Wildman–Crippen LogP) is 4.47. The Kier molecular flexibility index (Phi) is 5.29. The van der Waals surface area contributed by atoms with Gasteiger partial charge in [0.15, 0.2) is 0 Å². The quantitative estimate of drug-likeness (QED) is 0.596. The van der Waals surface area contributed by atoms with Gasteiger partial charge in [-0.2, -0.15) is 0 Å². The lowest BCUT2D eigenvalue weighted by Gasteiger charge is -2.19. The lowest BCUT2D eigenvalue weighted by atomic mass is 10.1. The largest absolute Gasteiger partial charge is 0.497 e. The molecular formula is C23H20N2O4S. The van der Waals surface area contributed by atoms with E-state index in [4.69, 9.17) is 9.47 Å². The maximum absolute atomic E-state index is 13.5. The highest BCUT2D eigenvalue weighted by atomic mass is 32.1. The molecule has 7 heteroatoms. The van der Waals surface area contributed by atoms with E-state index in [1.807, 2.05) is 48.7 Å². The van der Waals surface area contributed by atoms with Gasteiger partial charge in [-0.3, -0.25) is 9.59 Å². The lowest BCUT2D eigenvalue weighted by molar-refractivity contribution is -0.120. The van der Waals surface area contributed by atoms with Crippen molar-refractivity contribution in [3.05, 3.63) is 76.1 Å². The van der Waals surface area contributed by atoms with E-state index in [-0.39, 0.29) is 5.70 Å². The highest BCUT2D eigenvalue weighted by Gasteiger charge is 2.42. The molecule has 0 saturated carbocycles. The van der Waals surface area contributed by atoms with Gasteiger partial charge < -0.3 is 14.8 Å². The fraction of sp³-hybridized carbons (Fsp3) is 0.130. The number of ether oxygens (including phenoxy) is 2. The molecule has 0 unspecified atom stereocenters. The van der Waals surface area contributed by atoms with Crippen LogP contribution >= 0.6 is 11.3 Å². The van der Waals surface area contributed by atoms with Crippen molar-refractivity contribution in [1.29, 1.82) is 0 Å². The second-order valence-corrected chi connectivity index (χ2v) is 7.60. The number of para-hydroxylation sites is 1. The van der Waals surface area contributed by atoms with E-state index in [0.717, 1.165) is 16.2 Å². The normalized spacial score (nSPS) is 13.8. The number of methoxy groups -OCH3 is 2. The number of rotatable bonds is 6. The van der Waals surface area contributed by atoms with Crippen molar-refractivity contribution < 1.29 is 19.1 Å². The maximum atomic E-state index is 13.5. The lowest BCUT2D eigenvalue weighted by Crippen LogP contribution is -2.32. The predicted molar refractivity (Wildman–Crippen MR) is 118 cm³/mol. The molecule has 4 rings (SSSR count). The Balaban J connectivity index is 1.85. The molecule has 1 aromatic heterocycles. The van der Waals surface area contributed by atoms with Gasteiger partial charge in [0.25, 0.3) is 11.8 Å². The summed E-state index contributed by atoms with van der Waals surface area (Å²) in [5, 5.41) is 5.07. The summed E-state index contributed by atoms with van der Waals surface area (Å²) in [4.78, 5) is 28.8. The smallest absolute Gasteiger partial charge is 0.282 e. The maximum Gasteiger partial charge on any atom is 0.282 e. The van der Waals surface area contributed by atoms with Crippen LogP contribution in [-0.2, 0) is 9.59 Å². The number of thiophene rings is 1. The third-order valence-electron chi connectivity index (χ3n) is 4.88. The standard InChI is InChI=1S/C23H20N2O4S/c1-14-7-4-5-8-16(14)24-21-20(19-9-6-12-30-19)22(26)25(23(21)27)17-13-15(28-2)10-11-18(17)29-3/h4-13,24H,1-3H3. The van der Waals surface area contributed by atoms with E-state index in [1.54, 1.807) is 18.2 Å². The Morgan fingerprint density at radius 1 is 0.933 bits per heavy atom. The summed E-state index contributed by atoms with van der Waals surface area (Å²) in [5.74, 6) is 0.0628. The molecule has 0 spiro atoms. The van der Waals surface area contributed by atoms with E-state index in [1.165, 1.54) is 25.6 Å². The molecule has 6 nitrogen and oxygen atoms in total. The number of hydrogen-bond acceptors (Lipinski definition) is 6. The summed E-state index contributed by atoms with van der Waals surface area (Å²) in [6.45, 7) is 1.94. The fourth-order valence-electron chi connectivity index (χ4n) is 3.33. The van der Waals surface area contributed by atoms with Gasteiger partial charge in [0, 0.05) is 16.6 Å². The van der Waals surface area contributed by atoms with Gasteiger partial charge in [-0.25, -0.2) is 4.90 Å². The highest BCUT2D eigenvalue weighted by Crippen LogP contribution is 2.40. The summed E-state index contributed by atoms with van der Waals surface area (Å²) < 4.78 is 10.7. The number of benzene rings is 2. The fourth-order valence-corrected chi connectivity index (χ4v) is 4.10. The van der Waals surface area contributed by atoms with Gasteiger partial charge in [0.2, 0.25) is 0 Å². The second kappa shape index (κ2) is 8.04. The van der Waals surface area contributed by atoms with E-state index >= 15 is 0 Å². The van der Waals surface area contributed by atoms with Crippen LogP contribution in [0.3, 0.4) is 0 Å². The molecule has 3 aromatic rings. The highest BCUT2D eigenvalue weighted by molar-refractivity contribution is 7.11. The van der Waals surface area contributed by atoms with E-state index in [0.29, 0.717) is 27.6 Å². The van der Waals surface area contributed by atoms with Crippen LogP contribution < -0.4 is 19.7 Å². The van der Waals surface area contributed by atoms with Crippen LogP contribution in [0, 0.1) is 6.92 Å². The first-order valence-electron chi connectivity index (χ1n) is 9.26. The van der Waals surface area contributed by atoms with E-state index in [2.05, 4.69) is 5.32 Å². The number of nitrogens with zero attached hydrogens (tertiary/aromatic N) is 1. The van der Waals surface area contributed by atoms with Gasteiger partial charge in [-0.05, 0) is 42.1 Å². The molecular weight excluding hydrogens is 400 g/mol. The Hall–Kier alpha value is -3.58. The zero-order chi connectivity index (χ0) is 21.3. The molecule has 2 amide bonds. The number of anilines is 2.